The highest BCUT2D eigenvalue weighted by Crippen LogP contribution is 2.44. The molecule has 4 aromatic rings. The Morgan fingerprint density at radius 2 is 1.58 bits per heavy atom. The molecule has 1 unspecified atom stereocenters. The Morgan fingerprint density at radius 1 is 0.884 bits per heavy atom. The minimum atomic E-state index is -0.547. The van der Waals surface area contributed by atoms with E-state index in [1.165, 1.54) is 0 Å². The smallest absolute Gasteiger partial charge is 0.319 e. The number of methoxy groups -OCH3 is 5. The molecule has 1 aliphatic heterocycles. The average molecular weight is 587 g/mol. The van der Waals surface area contributed by atoms with Crippen molar-refractivity contribution in [2.45, 2.75) is 24.8 Å². The van der Waals surface area contributed by atoms with Crippen molar-refractivity contribution in [1.29, 1.82) is 0 Å². The molecule has 0 bridgehead atoms. The zero-order valence-corrected chi connectivity index (χ0v) is 25.2. The number of carbonyl (C=O) groups is 1. The van der Waals surface area contributed by atoms with Crippen molar-refractivity contribution in [3.63, 3.8) is 0 Å². The van der Waals surface area contributed by atoms with Crippen LogP contribution in [0.25, 0.3) is 10.9 Å². The van der Waals surface area contributed by atoms with Crippen LogP contribution in [0.3, 0.4) is 0 Å². The van der Waals surface area contributed by atoms with Gasteiger partial charge in [-0.25, -0.2) is 4.79 Å². The predicted octanol–water partition coefficient (Wildman–Crippen LogP) is 5.07. The fourth-order valence-electron chi connectivity index (χ4n) is 5.92. The second-order valence-corrected chi connectivity index (χ2v) is 10.3. The summed E-state index contributed by atoms with van der Waals surface area (Å²) >= 11 is 0. The van der Waals surface area contributed by atoms with E-state index in [1.807, 2.05) is 48.5 Å². The van der Waals surface area contributed by atoms with Gasteiger partial charge in [-0.3, -0.25) is 4.98 Å². The van der Waals surface area contributed by atoms with Gasteiger partial charge < -0.3 is 39.6 Å². The summed E-state index contributed by atoms with van der Waals surface area (Å²) in [6, 6.07) is 17.2. The molecule has 10 nitrogen and oxygen atoms in total. The first-order valence-electron chi connectivity index (χ1n) is 14.1. The molecule has 1 atom stereocenters. The van der Waals surface area contributed by atoms with Crippen LogP contribution in [-0.2, 0) is 18.4 Å². The molecule has 0 saturated carbocycles. The number of carbonyl (C=O) groups excluding carboxylic acids is 1. The molecule has 5 rings (SSSR count). The van der Waals surface area contributed by atoms with Gasteiger partial charge in [-0.2, -0.15) is 0 Å². The first kappa shape index (κ1) is 29.8. The minimum Gasteiger partial charge on any atom is -0.493 e. The Labute approximate surface area is 251 Å². The van der Waals surface area contributed by atoms with Crippen LogP contribution in [0.5, 0.6) is 28.7 Å². The monoisotopic (exact) mass is 586 g/mol. The number of hydrogen-bond donors (Lipinski definition) is 3. The van der Waals surface area contributed by atoms with Gasteiger partial charge in [0.05, 0.1) is 46.8 Å². The molecular formula is C33H38N4O6. The third kappa shape index (κ3) is 6.10. The Balaban J connectivity index is 1.46. The number of urea groups is 1. The van der Waals surface area contributed by atoms with Crippen LogP contribution in [0.2, 0.25) is 0 Å². The lowest BCUT2D eigenvalue weighted by Crippen LogP contribution is -2.51. The lowest BCUT2D eigenvalue weighted by atomic mass is 9.75. The van der Waals surface area contributed by atoms with E-state index in [1.54, 1.807) is 47.8 Å². The normalized spacial score (nSPS) is 15.7. The summed E-state index contributed by atoms with van der Waals surface area (Å²) in [4.78, 5) is 17.5. The lowest BCUT2D eigenvalue weighted by molar-refractivity contribution is 0.246. The van der Waals surface area contributed by atoms with Crippen molar-refractivity contribution in [2.75, 3.05) is 54.0 Å². The number of nitrogens with one attached hydrogen (secondary N) is 3. The van der Waals surface area contributed by atoms with Crippen LogP contribution in [0.15, 0.2) is 60.8 Å². The first-order valence-corrected chi connectivity index (χ1v) is 14.1. The van der Waals surface area contributed by atoms with Crippen LogP contribution in [0, 0.1) is 0 Å². The van der Waals surface area contributed by atoms with Crippen LogP contribution in [0.1, 0.15) is 23.1 Å². The summed E-state index contributed by atoms with van der Waals surface area (Å²) in [5, 5.41) is 10.7. The molecule has 0 aliphatic carbocycles. The number of rotatable bonds is 11. The number of hydrogen-bond acceptors (Lipinski definition) is 8. The van der Waals surface area contributed by atoms with E-state index >= 15 is 0 Å². The average Bonchev–Trinajstić information content (AvgIpc) is 3.04. The van der Waals surface area contributed by atoms with E-state index in [0.717, 1.165) is 40.6 Å². The van der Waals surface area contributed by atoms with E-state index in [-0.39, 0.29) is 6.03 Å². The number of ether oxygens (including phenoxy) is 5. The zero-order chi connectivity index (χ0) is 30.4. The SMILES string of the molecule is COc1cc2c(cc1OC)C(CCNC(=O)Nc1ccnc3ccccc13)(Cc1cc(OC)c(OC)c(OC)c1)NCC2. The fraction of sp³-hybridized carbons (Fsp3) is 0.333. The van der Waals surface area contributed by atoms with Gasteiger partial charge in [0.1, 0.15) is 0 Å². The molecular weight excluding hydrogens is 548 g/mol. The highest BCUT2D eigenvalue weighted by molar-refractivity contribution is 6.00. The Bertz CT molecular complexity index is 1580. The maximum absolute atomic E-state index is 13.1. The Kier molecular flexibility index (Phi) is 9.06. The molecule has 0 saturated heterocycles. The summed E-state index contributed by atoms with van der Waals surface area (Å²) in [6.07, 6.45) is 3.70. The molecule has 10 heteroatoms. The molecule has 3 aromatic carbocycles. The van der Waals surface area contributed by atoms with Crippen molar-refractivity contribution < 1.29 is 28.5 Å². The first-order chi connectivity index (χ1) is 20.9. The minimum absolute atomic E-state index is 0.289. The van der Waals surface area contributed by atoms with E-state index < -0.39 is 5.54 Å². The van der Waals surface area contributed by atoms with Crippen molar-refractivity contribution >= 4 is 22.6 Å². The van der Waals surface area contributed by atoms with Gasteiger partial charge in [0.2, 0.25) is 5.75 Å². The zero-order valence-electron chi connectivity index (χ0n) is 25.2. The molecule has 0 radical (unpaired) electrons. The number of aromatic nitrogens is 1. The van der Waals surface area contributed by atoms with Crippen LogP contribution in [-0.4, -0.2) is 59.7 Å². The number of pyridine rings is 1. The van der Waals surface area contributed by atoms with Crippen molar-refractivity contribution in [2.24, 2.45) is 0 Å². The molecule has 0 fully saturated rings. The number of fused-ring (bicyclic) bond motifs is 2. The van der Waals surface area contributed by atoms with Gasteiger partial charge >= 0.3 is 6.03 Å². The van der Waals surface area contributed by atoms with Crippen molar-refractivity contribution in [3.05, 3.63) is 77.5 Å². The van der Waals surface area contributed by atoms with Gasteiger partial charge in [0.25, 0.3) is 0 Å². The summed E-state index contributed by atoms with van der Waals surface area (Å²) in [6.45, 7) is 1.15. The van der Waals surface area contributed by atoms with Gasteiger partial charge in [-0.1, -0.05) is 18.2 Å². The Morgan fingerprint density at radius 3 is 2.28 bits per heavy atom. The number of amides is 2. The standard InChI is InChI=1S/C33H38N4O6/c1-39-27-18-22-10-14-36-33(24(22)19-28(27)40-2,20-21-16-29(41-3)31(43-5)30(17-21)42-4)12-15-35-32(38)37-26-11-13-34-25-9-7-6-8-23(25)26/h6-9,11,13,16-19,36H,10,12,14-15,20H2,1-5H3,(H2,34,35,37,38). The second-order valence-electron chi connectivity index (χ2n) is 10.3. The molecule has 0 spiro atoms. The highest BCUT2D eigenvalue weighted by atomic mass is 16.5. The van der Waals surface area contributed by atoms with Gasteiger partial charge in [0.15, 0.2) is 23.0 Å². The van der Waals surface area contributed by atoms with Crippen molar-refractivity contribution in [1.82, 2.24) is 15.6 Å². The summed E-state index contributed by atoms with van der Waals surface area (Å²) in [5.74, 6) is 3.03. The maximum Gasteiger partial charge on any atom is 0.319 e. The molecule has 1 aliphatic rings. The largest absolute Gasteiger partial charge is 0.493 e. The number of anilines is 1. The number of para-hydroxylation sites is 1. The van der Waals surface area contributed by atoms with E-state index in [2.05, 4.69) is 20.9 Å². The molecule has 226 valence electrons. The van der Waals surface area contributed by atoms with Gasteiger partial charge in [-0.05, 0) is 72.4 Å². The highest BCUT2D eigenvalue weighted by Gasteiger charge is 2.38. The van der Waals surface area contributed by atoms with Crippen LogP contribution < -0.4 is 39.6 Å². The summed E-state index contributed by atoms with van der Waals surface area (Å²) in [5.41, 5.74) is 4.21. The number of benzene rings is 3. The quantitative estimate of drug-likeness (QED) is 0.223. The van der Waals surface area contributed by atoms with Crippen LogP contribution >= 0.6 is 0 Å². The maximum atomic E-state index is 13.1. The summed E-state index contributed by atoms with van der Waals surface area (Å²) < 4.78 is 28.2. The fourth-order valence-corrected chi connectivity index (χ4v) is 5.92. The van der Waals surface area contributed by atoms with Gasteiger partial charge in [0, 0.05) is 30.2 Å². The molecule has 43 heavy (non-hydrogen) atoms. The Hall–Kier alpha value is -4.70. The predicted molar refractivity (Wildman–Crippen MR) is 166 cm³/mol. The van der Waals surface area contributed by atoms with E-state index in [9.17, 15) is 4.79 Å². The van der Waals surface area contributed by atoms with Gasteiger partial charge in [-0.15, -0.1) is 0 Å². The number of nitrogens with zero attached hydrogens (tertiary/aromatic N) is 1. The van der Waals surface area contributed by atoms with Crippen LogP contribution in [0.4, 0.5) is 10.5 Å². The summed E-state index contributed by atoms with van der Waals surface area (Å²) in [7, 11) is 8.08. The van der Waals surface area contributed by atoms with E-state index in [0.29, 0.717) is 53.8 Å². The van der Waals surface area contributed by atoms with E-state index in [4.69, 9.17) is 23.7 Å². The third-order valence-corrected chi connectivity index (χ3v) is 7.95. The third-order valence-electron chi connectivity index (χ3n) is 7.95. The molecule has 2 heterocycles. The molecule has 2 amide bonds. The topological polar surface area (TPSA) is 112 Å². The second kappa shape index (κ2) is 13.1. The molecule has 1 aromatic heterocycles. The lowest BCUT2D eigenvalue weighted by Gasteiger charge is -2.41. The molecule has 3 N–H and O–H groups in total. The van der Waals surface area contributed by atoms with Crippen molar-refractivity contribution in [3.8, 4) is 28.7 Å².